The second kappa shape index (κ2) is 8.30. The predicted molar refractivity (Wildman–Crippen MR) is 59.0 cm³/mol. The number of ether oxygens (including phenoxy) is 1. The van der Waals surface area contributed by atoms with Gasteiger partial charge in [-0.1, -0.05) is 24.8 Å². The summed E-state index contributed by atoms with van der Waals surface area (Å²) in [7, 11) is 0. The molecule has 0 spiro atoms. The Balaban J connectivity index is 3.34. The molecule has 0 radical (unpaired) electrons. The fourth-order valence-electron chi connectivity index (χ4n) is 0.800. The van der Waals surface area contributed by atoms with E-state index < -0.39 is 0 Å². The monoisotopic (exact) mass is 194 g/mol. The highest BCUT2D eigenvalue weighted by molar-refractivity contribution is 5.86. The zero-order valence-electron chi connectivity index (χ0n) is 8.79. The minimum atomic E-state index is -0.305. The third-order valence-electron chi connectivity index (χ3n) is 1.57. The van der Waals surface area contributed by atoms with Crippen molar-refractivity contribution in [1.82, 2.24) is 0 Å². The fraction of sp³-hybridized carbons (Fsp3) is 0.417. The van der Waals surface area contributed by atoms with Crippen molar-refractivity contribution in [2.45, 2.75) is 26.2 Å². The van der Waals surface area contributed by atoms with Crippen LogP contribution in [0.4, 0.5) is 0 Å². The summed E-state index contributed by atoms with van der Waals surface area (Å²) >= 11 is 0. The Morgan fingerprint density at radius 2 is 2.14 bits per heavy atom. The van der Waals surface area contributed by atoms with Gasteiger partial charge in [-0.15, -0.1) is 6.58 Å². The van der Waals surface area contributed by atoms with Gasteiger partial charge in [0.25, 0.3) is 0 Å². The van der Waals surface area contributed by atoms with Crippen molar-refractivity contribution in [3.05, 3.63) is 37.0 Å². The second-order valence-electron chi connectivity index (χ2n) is 3.05. The molecule has 0 unspecified atom stereocenters. The van der Waals surface area contributed by atoms with Gasteiger partial charge in [0.2, 0.25) is 0 Å². The van der Waals surface area contributed by atoms with E-state index in [0.717, 1.165) is 19.3 Å². The Kier molecular flexibility index (Phi) is 7.52. The van der Waals surface area contributed by atoms with E-state index in [9.17, 15) is 4.79 Å². The van der Waals surface area contributed by atoms with Crippen LogP contribution in [0.1, 0.15) is 26.2 Å². The van der Waals surface area contributed by atoms with Gasteiger partial charge in [-0.3, -0.25) is 0 Å². The van der Waals surface area contributed by atoms with Crippen LogP contribution < -0.4 is 0 Å². The van der Waals surface area contributed by atoms with Gasteiger partial charge in [0.1, 0.15) is 0 Å². The summed E-state index contributed by atoms with van der Waals surface area (Å²) in [6, 6.07) is 0. The van der Waals surface area contributed by atoms with E-state index in [1.807, 2.05) is 12.2 Å². The molecule has 2 nitrogen and oxygen atoms in total. The number of hydrogen-bond acceptors (Lipinski definition) is 2. The molecule has 0 atom stereocenters. The van der Waals surface area contributed by atoms with Crippen molar-refractivity contribution in [2.24, 2.45) is 0 Å². The maximum absolute atomic E-state index is 10.9. The largest absolute Gasteiger partial charge is 0.462 e. The molecule has 0 aromatic rings. The molecule has 2 heteroatoms. The third kappa shape index (κ3) is 7.35. The number of unbranched alkanes of at least 4 members (excludes halogenated alkanes) is 1. The van der Waals surface area contributed by atoms with Gasteiger partial charge in [-0.2, -0.15) is 0 Å². The van der Waals surface area contributed by atoms with Gasteiger partial charge < -0.3 is 4.74 Å². The van der Waals surface area contributed by atoms with Crippen LogP contribution in [0.25, 0.3) is 0 Å². The Morgan fingerprint density at radius 3 is 2.71 bits per heavy atom. The number of esters is 1. The number of carbonyl (C=O) groups excluding carboxylic acids is 1. The zero-order chi connectivity index (χ0) is 10.8. The third-order valence-corrected chi connectivity index (χ3v) is 1.57. The molecule has 0 aliphatic rings. The Morgan fingerprint density at radius 1 is 1.43 bits per heavy atom. The van der Waals surface area contributed by atoms with Crippen molar-refractivity contribution in [3.63, 3.8) is 0 Å². The average Bonchev–Trinajstić information content (AvgIpc) is 2.16. The van der Waals surface area contributed by atoms with Crippen molar-refractivity contribution in [2.75, 3.05) is 6.61 Å². The molecule has 0 aliphatic carbocycles. The molecular weight excluding hydrogens is 176 g/mol. The van der Waals surface area contributed by atoms with Crippen LogP contribution in [-0.4, -0.2) is 12.6 Å². The van der Waals surface area contributed by atoms with E-state index in [-0.39, 0.29) is 5.97 Å². The van der Waals surface area contributed by atoms with Crippen LogP contribution in [0.3, 0.4) is 0 Å². The molecule has 0 fully saturated rings. The van der Waals surface area contributed by atoms with Crippen molar-refractivity contribution >= 4 is 5.97 Å². The SMILES string of the molecule is C=CCC=CCCCOC(=O)C(=C)C. The summed E-state index contributed by atoms with van der Waals surface area (Å²) in [6.45, 7) is 9.21. The summed E-state index contributed by atoms with van der Waals surface area (Å²) in [6.07, 6.45) is 8.64. The van der Waals surface area contributed by atoms with E-state index >= 15 is 0 Å². The molecule has 0 aliphatic heterocycles. The van der Waals surface area contributed by atoms with Gasteiger partial charge in [0, 0.05) is 5.57 Å². The summed E-state index contributed by atoms with van der Waals surface area (Å²) in [5.74, 6) is -0.305. The second-order valence-corrected chi connectivity index (χ2v) is 3.05. The lowest BCUT2D eigenvalue weighted by atomic mass is 10.2. The van der Waals surface area contributed by atoms with Gasteiger partial charge >= 0.3 is 5.97 Å². The number of rotatable bonds is 7. The normalized spacial score (nSPS) is 10.1. The van der Waals surface area contributed by atoms with Gasteiger partial charge in [-0.25, -0.2) is 4.79 Å². The lowest BCUT2D eigenvalue weighted by Crippen LogP contribution is -2.05. The van der Waals surface area contributed by atoms with E-state index in [0.29, 0.717) is 12.2 Å². The summed E-state index contributed by atoms with van der Waals surface area (Å²) < 4.78 is 4.92. The molecule has 0 amide bonds. The number of hydrogen-bond donors (Lipinski definition) is 0. The molecule has 0 saturated heterocycles. The van der Waals surface area contributed by atoms with Crippen LogP contribution in [0.5, 0.6) is 0 Å². The first-order valence-electron chi connectivity index (χ1n) is 4.77. The minimum absolute atomic E-state index is 0.305. The summed E-state index contributed by atoms with van der Waals surface area (Å²) in [4.78, 5) is 10.9. The molecule has 0 rings (SSSR count). The highest BCUT2D eigenvalue weighted by atomic mass is 16.5. The minimum Gasteiger partial charge on any atom is -0.462 e. The number of carbonyl (C=O) groups is 1. The molecule has 0 aromatic carbocycles. The first kappa shape index (κ1) is 12.7. The Bertz CT molecular complexity index is 226. The lowest BCUT2D eigenvalue weighted by molar-refractivity contribution is -0.139. The van der Waals surface area contributed by atoms with Gasteiger partial charge in [-0.05, 0) is 26.2 Å². The smallest absolute Gasteiger partial charge is 0.333 e. The molecule has 14 heavy (non-hydrogen) atoms. The van der Waals surface area contributed by atoms with Crippen LogP contribution in [-0.2, 0) is 9.53 Å². The Hall–Kier alpha value is -1.31. The van der Waals surface area contributed by atoms with Crippen LogP contribution in [0.2, 0.25) is 0 Å². The number of allylic oxidation sites excluding steroid dienone is 3. The highest BCUT2D eigenvalue weighted by Gasteiger charge is 2.00. The molecule has 0 N–H and O–H groups in total. The standard InChI is InChI=1S/C12H18O2/c1-4-5-6-7-8-9-10-14-12(13)11(2)3/h4,6-7H,1-2,5,8-10H2,3H3. The Labute approximate surface area is 86.0 Å². The van der Waals surface area contributed by atoms with E-state index in [1.165, 1.54) is 0 Å². The average molecular weight is 194 g/mol. The van der Waals surface area contributed by atoms with Crippen molar-refractivity contribution in [1.29, 1.82) is 0 Å². The zero-order valence-corrected chi connectivity index (χ0v) is 8.79. The van der Waals surface area contributed by atoms with Crippen LogP contribution in [0.15, 0.2) is 37.0 Å². The topological polar surface area (TPSA) is 26.3 Å². The molecule has 0 heterocycles. The van der Waals surface area contributed by atoms with Gasteiger partial charge in [0.05, 0.1) is 6.61 Å². The summed E-state index contributed by atoms with van der Waals surface area (Å²) in [5.41, 5.74) is 0.451. The van der Waals surface area contributed by atoms with E-state index in [1.54, 1.807) is 6.92 Å². The lowest BCUT2D eigenvalue weighted by Gasteiger charge is -2.01. The van der Waals surface area contributed by atoms with Crippen molar-refractivity contribution < 1.29 is 9.53 Å². The fourth-order valence-corrected chi connectivity index (χ4v) is 0.800. The first-order chi connectivity index (χ1) is 6.68. The molecule has 0 aromatic heterocycles. The van der Waals surface area contributed by atoms with Gasteiger partial charge in [0.15, 0.2) is 0 Å². The van der Waals surface area contributed by atoms with E-state index in [4.69, 9.17) is 4.74 Å². The quantitative estimate of drug-likeness (QED) is 0.269. The molecular formula is C12H18O2. The first-order valence-corrected chi connectivity index (χ1v) is 4.77. The maximum Gasteiger partial charge on any atom is 0.333 e. The maximum atomic E-state index is 10.9. The summed E-state index contributed by atoms with van der Waals surface area (Å²) in [5, 5.41) is 0. The molecule has 0 saturated carbocycles. The molecule has 0 bridgehead atoms. The predicted octanol–water partition coefficient (Wildman–Crippen LogP) is 3.02. The van der Waals surface area contributed by atoms with E-state index in [2.05, 4.69) is 19.2 Å². The van der Waals surface area contributed by atoms with Crippen LogP contribution >= 0.6 is 0 Å². The van der Waals surface area contributed by atoms with Crippen LogP contribution in [0, 0.1) is 0 Å². The van der Waals surface area contributed by atoms with Crippen molar-refractivity contribution in [3.8, 4) is 0 Å². The molecule has 78 valence electrons. The highest BCUT2D eigenvalue weighted by Crippen LogP contribution is 1.97.